The molecule has 1 aromatic rings. The minimum absolute atomic E-state index is 0.000842. The lowest BCUT2D eigenvalue weighted by molar-refractivity contribution is -0.124. The SMILES string of the molecule is COc1ccc(N2C(=O)CN(C3CCCCC3)[C@H]3CS(=O)(=O)C[C@H]32)cc1. The van der Waals surface area contributed by atoms with Crippen molar-refractivity contribution in [2.45, 2.75) is 50.2 Å². The molecule has 6 nitrogen and oxygen atoms in total. The van der Waals surface area contributed by atoms with Crippen molar-refractivity contribution in [1.82, 2.24) is 4.90 Å². The Balaban J connectivity index is 1.66. The van der Waals surface area contributed by atoms with Crippen molar-refractivity contribution in [1.29, 1.82) is 0 Å². The number of carbonyl (C=O) groups excluding carboxylic acids is 1. The normalized spacial score (nSPS) is 29.6. The summed E-state index contributed by atoms with van der Waals surface area (Å²) in [6.45, 7) is 0.313. The van der Waals surface area contributed by atoms with Crippen LogP contribution in [0.2, 0.25) is 0 Å². The van der Waals surface area contributed by atoms with Crippen LogP contribution >= 0.6 is 0 Å². The monoisotopic (exact) mass is 378 g/mol. The Morgan fingerprint density at radius 2 is 1.65 bits per heavy atom. The Hall–Kier alpha value is -1.60. The Morgan fingerprint density at radius 1 is 1.00 bits per heavy atom. The van der Waals surface area contributed by atoms with Crippen LogP contribution in [0.1, 0.15) is 32.1 Å². The molecule has 0 unspecified atom stereocenters. The fourth-order valence-corrected chi connectivity index (χ4v) is 6.76. The molecule has 26 heavy (non-hydrogen) atoms. The Morgan fingerprint density at radius 3 is 2.31 bits per heavy atom. The molecule has 0 bridgehead atoms. The zero-order valence-electron chi connectivity index (χ0n) is 15.1. The number of fused-ring (bicyclic) bond motifs is 1. The first kappa shape index (κ1) is 17.8. The molecule has 142 valence electrons. The third-order valence-corrected chi connectivity index (χ3v) is 7.73. The van der Waals surface area contributed by atoms with Gasteiger partial charge in [-0.2, -0.15) is 0 Å². The number of nitrogens with zero attached hydrogens (tertiary/aromatic N) is 2. The largest absolute Gasteiger partial charge is 0.497 e. The summed E-state index contributed by atoms with van der Waals surface area (Å²) >= 11 is 0. The molecule has 1 amide bonds. The summed E-state index contributed by atoms with van der Waals surface area (Å²) in [6.07, 6.45) is 5.71. The number of benzene rings is 1. The Labute approximate surface area is 155 Å². The van der Waals surface area contributed by atoms with Crippen LogP contribution in [-0.4, -0.2) is 62.5 Å². The van der Waals surface area contributed by atoms with Gasteiger partial charge in [-0.1, -0.05) is 19.3 Å². The number of rotatable bonds is 3. The molecule has 1 aromatic carbocycles. The molecule has 3 fully saturated rings. The van der Waals surface area contributed by atoms with Gasteiger partial charge in [-0.3, -0.25) is 9.69 Å². The molecule has 0 aromatic heterocycles. The zero-order valence-corrected chi connectivity index (χ0v) is 16.0. The molecular weight excluding hydrogens is 352 g/mol. The van der Waals surface area contributed by atoms with Gasteiger partial charge in [0.2, 0.25) is 5.91 Å². The summed E-state index contributed by atoms with van der Waals surface area (Å²) in [6, 6.07) is 7.26. The van der Waals surface area contributed by atoms with E-state index in [1.807, 2.05) is 24.3 Å². The van der Waals surface area contributed by atoms with Gasteiger partial charge in [0.15, 0.2) is 9.84 Å². The van der Waals surface area contributed by atoms with Crippen molar-refractivity contribution in [3.05, 3.63) is 24.3 Å². The topological polar surface area (TPSA) is 66.9 Å². The van der Waals surface area contributed by atoms with Gasteiger partial charge < -0.3 is 9.64 Å². The lowest BCUT2D eigenvalue weighted by Crippen LogP contribution is -2.64. The predicted octanol–water partition coefficient (Wildman–Crippen LogP) is 1.84. The van der Waals surface area contributed by atoms with Crippen molar-refractivity contribution in [3.63, 3.8) is 0 Å². The smallest absolute Gasteiger partial charge is 0.241 e. The number of sulfone groups is 1. The molecule has 4 rings (SSSR count). The van der Waals surface area contributed by atoms with Crippen LogP contribution in [0.25, 0.3) is 0 Å². The van der Waals surface area contributed by atoms with Crippen molar-refractivity contribution < 1.29 is 17.9 Å². The predicted molar refractivity (Wildman–Crippen MR) is 100 cm³/mol. The highest BCUT2D eigenvalue weighted by atomic mass is 32.2. The van der Waals surface area contributed by atoms with E-state index >= 15 is 0 Å². The van der Waals surface area contributed by atoms with Gasteiger partial charge in [-0.05, 0) is 37.1 Å². The highest BCUT2D eigenvalue weighted by Gasteiger charge is 2.51. The zero-order chi connectivity index (χ0) is 18.3. The summed E-state index contributed by atoms with van der Waals surface area (Å²) in [5, 5.41) is 0. The van der Waals surface area contributed by atoms with E-state index in [0.29, 0.717) is 12.6 Å². The highest BCUT2D eigenvalue weighted by molar-refractivity contribution is 7.91. The lowest BCUT2D eigenvalue weighted by atomic mass is 9.91. The number of piperazine rings is 1. The van der Waals surface area contributed by atoms with Gasteiger partial charge in [0, 0.05) is 17.8 Å². The van der Waals surface area contributed by atoms with Crippen LogP contribution in [0.15, 0.2) is 24.3 Å². The van der Waals surface area contributed by atoms with Crippen molar-refractivity contribution >= 4 is 21.4 Å². The molecule has 2 heterocycles. The fourth-order valence-electron chi connectivity index (χ4n) is 4.80. The van der Waals surface area contributed by atoms with Crippen molar-refractivity contribution in [2.24, 2.45) is 0 Å². The first-order valence-electron chi connectivity index (χ1n) is 9.41. The maximum absolute atomic E-state index is 13.0. The first-order valence-corrected chi connectivity index (χ1v) is 11.2. The van der Waals surface area contributed by atoms with Crippen LogP contribution in [0, 0.1) is 0 Å². The van der Waals surface area contributed by atoms with Gasteiger partial charge in [-0.15, -0.1) is 0 Å². The molecule has 2 aliphatic heterocycles. The molecule has 7 heteroatoms. The maximum Gasteiger partial charge on any atom is 0.241 e. The highest BCUT2D eigenvalue weighted by Crippen LogP contribution is 2.36. The van der Waals surface area contributed by atoms with E-state index in [1.54, 1.807) is 12.0 Å². The third-order valence-electron chi connectivity index (χ3n) is 6.03. The minimum atomic E-state index is -3.14. The van der Waals surface area contributed by atoms with Gasteiger partial charge in [-0.25, -0.2) is 8.42 Å². The molecule has 0 spiro atoms. The second-order valence-electron chi connectivity index (χ2n) is 7.64. The van der Waals surface area contributed by atoms with E-state index in [9.17, 15) is 13.2 Å². The average Bonchev–Trinajstić information content (AvgIpc) is 2.97. The Kier molecular flexibility index (Phi) is 4.69. The second-order valence-corrected chi connectivity index (χ2v) is 9.79. The summed E-state index contributed by atoms with van der Waals surface area (Å²) in [5.41, 5.74) is 0.756. The number of carbonyl (C=O) groups is 1. The average molecular weight is 378 g/mol. The first-order chi connectivity index (χ1) is 12.5. The second kappa shape index (κ2) is 6.85. The van der Waals surface area contributed by atoms with Crippen molar-refractivity contribution in [3.8, 4) is 5.75 Å². The molecule has 0 radical (unpaired) electrons. The molecule has 1 aliphatic carbocycles. The van der Waals surface area contributed by atoms with Gasteiger partial charge in [0.05, 0.1) is 31.2 Å². The molecule has 3 aliphatic rings. The number of hydrogen-bond donors (Lipinski definition) is 0. The summed E-state index contributed by atoms with van der Waals surface area (Å²) in [4.78, 5) is 16.9. The van der Waals surface area contributed by atoms with Gasteiger partial charge in [0.1, 0.15) is 5.75 Å². The van der Waals surface area contributed by atoms with Crippen LogP contribution < -0.4 is 9.64 Å². The van der Waals surface area contributed by atoms with Gasteiger partial charge in [0.25, 0.3) is 0 Å². The quantitative estimate of drug-likeness (QED) is 0.803. The van der Waals surface area contributed by atoms with Crippen LogP contribution in [0.4, 0.5) is 5.69 Å². The number of amides is 1. The Bertz CT molecular complexity index is 771. The van der Waals surface area contributed by atoms with Crippen molar-refractivity contribution in [2.75, 3.05) is 30.1 Å². The maximum atomic E-state index is 13.0. The minimum Gasteiger partial charge on any atom is -0.497 e. The van der Waals surface area contributed by atoms with E-state index in [0.717, 1.165) is 24.3 Å². The number of anilines is 1. The summed E-state index contributed by atoms with van der Waals surface area (Å²) in [7, 11) is -1.54. The fraction of sp³-hybridized carbons (Fsp3) is 0.632. The van der Waals surface area contributed by atoms with E-state index in [2.05, 4.69) is 4.90 Å². The summed E-state index contributed by atoms with van der Waals surface area (Å²) in [5.74, 6) is 0.934. The molecule has 2 atom stereocenters. The number of hydrogen-bond acceptors (Lipinski definition) is 5. The summed E-state index contributed by atoms with van der Waals surface area (Å²) < 4.78 is 30.0. The molecule has 0 N–H and O–H groups in total. The van der Waals surface area contributed by atoms with E-state index in [1.165, 1.54) is 19.3 Å². The lowest BCUT2D eigenvalue weighted by Gasteiger charge is -2.47. The standard InChI is InChI=1S/C19H26N2O4S/c1-25-16-9-7-15(8-10-16)21-18-13-26(23,24)12-17(18)20(11-19(21)22)14-5-3-2-4-6-14/h7-10,14,17-18H,2-6,11-13H2,1H3/t17-,18+/m0/s1. The van der Waals surface area contributed by atoms with E-state index in [-0.39, 0.29) is 29.5 Å². The van der Waals surface area contributed by atoms with Gasteiger partial charge >= 0.3 is 0 Å². The van der Waals surface area contributed by atoms with Crippen LogP contribution in [0.3, 0.4) is 0 Å². The van der Waals surface area contributed by atoms with E-state index < -0.39 is 9.84 Å². The van der Waals surface area contributed by atoms with E-state index in [4.69, 9.17) is 4.74 Å². The van der Waals surface area contributed by atoms with Crippen LogP contribution in [0.5, 0.6) is 5.75 Å². The number of methoxy groups -OCH3 is 1. The molecule has 1 saturated carbocycles. The third kappa shape index (κ3) is 3.22. The number of ether oxygens (including phenoxy) is 1. The molecule has 2 saturated heterocycles. The van der Waals surface area contributed by atoms with Crippen LogP contribution in [-0.2, 0) is 14.6 Å². The molecular formula is C19H26N2O4S.